The molecule has 0 saturated carbocycles. The summed E-state index contributed by atoms with van der Waals surface area (Å²) in [5.41, 5.74) is 4.57. The molecule has 70 heavy (non-hydrogen) atoms. The van der Waals surface area contributed by atoms with E-state index in [-0.39, 0.29) is 40.8 Å². The van der Waals surface area contributed by atoms with E-state index in [1.165, 1.54) is 126 Å². The molecule has 4 aromatic rings. The normalized spacial score (nSPS) is 14.2. The zero-order valence-corrected chi connectivity index (χ0v) is 47.1. The van der Waals surface area contributed by atoms with Gasteiger partial charge in [0.2, 0.25) is 0 Å². The van der Waals surface area contributed by atoms with Crippen LogP contribution in [0.4, 0.5) is 0 Å². The van der Waals surface area contributed by atoms with Gasteiger partial charge in [0.25, 0.3) is 0 Å². The number of rotatable bonds is 28. The first-order valence-corrected chi connectivity index (χ1v) is 27.4. The van der Waals surface area contributed by atoms with Crippen LogP contribution in [-0.4, -0.2) is 112 Å². The molecule has 3 heterocycles. The molecule has 0 aliphatic carbocycles. The molecule has 0 radical (unpaired) electrons. The first-order chi connectivity index (χ1) is 33.6. The van der Waals surface area contributed by atoms with Crippen LogP contribution in [-0.2, 0) is 14.2 Å². The smallest absolute Gasteiger partial charge is 0.870 e. The molecule has 3 aliphatic rings. The SMILES string of the molecule is C1CCOC1.CCCCCCCCCCBr.CCCCCCCCCCOc1ccc(-c2ccc(OCCN3CCOC3)cc2)cc1.Oc1ccc(-c2ccc(OCCN3CCOC3)cc2)cc1.[Na+].[OH-]. The van der Waals surface area contributed by atoms with Gasteiger partial charge < -0.3 is 39.0 Å². The van der Waals surface area contributed by atoms with Crippen molar-refractivity contribution in [3.05, 3.63) is 97.1 Å². The molecule has 12 heteroatoms. The Hall–Kier alpha value is -2.68. The van der Waals surface area contributed by atoms with Gasteiger partial charge >= 0.3 is 29.6 Å². The monoisotopic (exact) mass is 1040 g/mol. The Kier molecular flexibility index (Phi) is 38.8. The minimum absolute atomic E-state index is 0. The maximum absolute atomic E-state index is 9.30. The number of halogens is 1. The second kappa shape index (κ2) is 42.8. The zero-order chi connectivity index (χ0) is 48.0. The molecule has 0 atom stereocenters. The molecule has 0 amide bonds. The second-order valence-electron chi connectivity index (χ2n) is 17.9. The number of phenols is 1. The average Bonchev–Trinajstić information content (AvgIpc) is 4.23. The summed E-state index contributed by atoms with van der Waals surface area (Å²) in [6, 6.07) is 31.9. The van der Waals surface area contributed by atoms with Crippen molar-refractivity contribution >= 4 is 15.9 Å². The number of aromatic hydroxyl groups is 1. The standard InChI is InChI=1S/C27H39NO3.C17H19NO3.C10H21Br.C4H8O.Na.H2O/c1-2-3-4-5-6-7-8-9-20-30-26-14-10-24(11-15-26)25-12-16-27(17-13-25)31-22-19-28-18-21-29-23-28;19-16-5-1-14(2-6-16)15-3-7-17(8-4-15)21-12-10-18-9-11-20-13-18;1-2-3-4-5-6-7-8-9-10-11;1-2-4-5-3-1;;/h10-17H,2-9,18-23H2,1H3;1-8,19H,9-13H2;2-10H2,1H3;1-4H2;;1H2/q;;;;+1;/p-1. The molecule has 3 aliphatic heterocycles. The molecular formula is C58H88BrN2NaO8. The molecule has 7 rings (SSSR count). The van der Waals surface area contributed by atoms with Gasteiger partial charge in [-0.05, 0) is 96.5 Å². The predicted octanol–water partition coefficient (Wildman–Crippen LogP) is 11.4. The van der Waals surface area contributed by atoms with Gasteiger partial charge in [-0.25, -0.2) is 0 Å². The summed E-state index contributed by atoms with van der Waals surface area (Å²) < 4.78 is 33.1. The van der Waals surface area contributed by atoms with Crippen LogP contribution in [0.1, 0.15) is 129 Å². The Morgan fingerprint density at radius 1 is 0.443 bits per heavy atom. The van der Waals surface area contributed by atoms with Crippen LogP contribution in [0.5, 0.6) is 23.0 Å². The third kappa shape index (κ3) is 29.7. The van der Waals surface area contributed by atoms with Gasteiger partial charge in [-0.1, -0.05) is 168 Å². The van der Waals surface area contributed by atoms with Crippen molar-refractivity contribution in [2.24, 2.45) is 0 Å². The molecule has 2 N–H and O–H groups in total. The predicted molar refractivity (Wildman–Crippen MR) is 288 cm³/mol. The van der Waals surface area contributed by atoms with Gasteiger partial charge in [0.1, 0.15) is 36.2 Å². The second-order valence-corrected chi connectivity index (χ2v) is 18.7. The van der Waals surface area contributed by atoms with Crippen LogP contribution in [0.2, 0.25) is 0 Å². The van der Waals surface area contributed by atoms with Crippen LogP contribution in [0.15, 0.2) is 97.1 Å². The van der Waals surface area contributed by atoms with E-state index in [1.807, 2.05) is 48.5 Å². The third-order valence-electron chi connectivity index (χ3n) is 12.2. The van der Waals surface area contributed by atoms with Crippen molar-refractivity contribution in [1.82, 2.24) is 9.80 Å². The van der Waals surface area contributed by atoms with Gasteiger partial charge in [-0.15, -0.1) is 0 Å². The minimum atomic E-state index is 0. The topological polar surface area (TPSA) is 112 Å². The number of unbranched alkanes of at least 4 members (excludes halogenated alkanes) is 14. The van der Waals surface area contributed by atoms with Gasteiger partial charge in [-0.3, -0.25) is 9.80 Å². The van der Waals surface area contributed by atoms with Crippen molar-refractivity contribution in [3.63, 3.8) is 0 Å². The first-order valence-electron chi connectivity index (χ1n) is 26.3. The third-order valence-corrected chi connectivity index (χ3v) is 12.7. The van der Waals surface area contributed by atoms with Crippen LogP contribution in [0.3, 0.4) is 0 Å². The Morgan fingerprint density at radius 3 is 1.11 bits per heavy atom. The summed E-state index contributed by atoms with van der Waals surface area (Å²) in [7, 11) is 0. The fourth-order valence-corrected chi connectivity index (χ4v) is 8.29. The summed E-state index contributed by atoms with van der Waals surface area (Å²) in [4.78, 5) is 4.48. The largest absolute Gasteiger partial charge is 1.00 e. The van der Waals surface area contributed by atoms with Gasteiger partial charge in [0.05, 0.1) is 33.3 Å². The maximum Gasteiger partial charge on any atom is 1.00 e. The molecule has 0 bridgehead atoms. The summed E-state index contributed by atoms with van der Waals surface area (Å²) in [5.74, 6) is 3.02. The fourth-order valence-electron chi connectivity index (χ4n) is 7.89. The molecule has 0 spiro atoms. The molecule has 0 aromatic heterocycles. The molecule has 3 saturated heterocycles. The van der Waals surface area contributed by atoms with Gasteiger partial charge in [0, 0.05) is 44.7 Å². The molecule has 10 nitrogen and oxygen atoms in total. The molecule has 0 unspecified atom stereocenters. The van der Waals surface area contributed by atoms with Crippen molar-refractivity contribution in [2.45, 2.75) is 129 Å². The zero-order valence-electron chi connectivity index (χ0n) is 43.5. The van der Waals surface area contributed by atoms with E-state index in [2.05, 4.69) is 76.0 Å². The number of ether oxygens (including phenoxy) is 6. The number of hydrogen-bond acceptors (Lipinski definition) is 10. The van der Waals surface area contributed by atoms with E-state index in [1.54, 1.807) is 12.1 Å². The van der Waals surface area contributed by atoms with Crippen LogP contribution in [0, 0.1) is 0 Å². The van der Waals surface area contributed by atoms with Crippen LogP contribution >= 0.6 is 15.9 Å². The number of nitrogens with zero attached hydrogens (tertiary/aromatic N) is 2. The molecule has 4 aromatic carbocycles. The summed E-state index contributed by atoms with van der Waals surface area (Å²) >= 11 is 3.44. The summed E-state index contributed by atoms with van der Waals surface area (Å²) in [5, 5.41) is 10.5. The van der Waals surface area contributed by atoms with Crippen LogP contribution < -0.4 is 43.8 Å². The molecular weight excluding hydrogens is 956 g/mol. The number of benzene rings is 4. The average molecular weight is 1040 g/mol. The van der Waals surface area contributed by atoms with Crippen molar-refractivity contribution < 1.29 is 68.6 Å². The van der Waals surface area contributed by atoms with E-state index in [0.29, 0.717) is 19.9 Å². The first kappa shape index (κ1) is 63.4. The van der Waals surface area contributed by atoms with Crippen molar-refractivity contribution in [1.29, 1.82) is 0 Å². The fraction of sp³-hybridized carbons (Fsp3) is 0.586. The van der Waals surface area contributed by atoms with E-state index in [4.69, 9.17) is 28.4 Å². The van der Waals surface area contributed by atoms with Crippen molar-refractivity contribution in [3.8, 4) is 45.3 Å². The van der Waals surface area contributed by atoms with Crippen molar-refractivity contribution in [2.75, 3.05) is 91.2 Å². The van der Waals surface area contributed by atoms with Crippen LogP contribution in [0.25, 0.3) is 22.3 Å². The Balaban J connectivity index is 0.000000370. The van der Waals surface area contributed by atoms with E-state index < -0.39 is 0 Å². The van der Waals surface area contributed by atoms with E-state index in [0.717, 1.165) is 101 Å². The van der Waals surface area contributed by atoms with Gasteiger partial charge in [-0.2, -0.15) is 0 Å². The number of phenolic OH excluding ortho intramolecular Hbond substituents is 1. The number of hydrogen-bond donors (Lipinski definition) is 1. The quantitative estimate of drug-likeness (QED) is 0.0335. The maximum atomic E-state index is 9.30. The van der Waals surface area contributed by atoms with Gasteiger partial charge in [0.15, 0.2) is 0 Å². The number of alkyl halides is 1. The minimum Gasteiger partial charge on any atom is -0.870 e. The van der Waals surface area contributed by atoms with E-state index >= 15 is 0 Å². The Labute approximate surface area is 454 Å². The molecule has 386 valence electrons. The van der Waals surface area contributed by atoms with E-state index in [9.17, 15) is 5.11 Å². The Morgan fingerprint density at radius 2 is 0.786 bits per heavy atom. The molecule has 3 fully saturated rings. The Bertz CT molecular complexity index is 1740. The summed E-state index contributed by atoms with van der Waals surface area (Å²) in [6.45, 7) is 15.6. The summed E-state index contributed by atoms with van der Waals surface area (Å²) in [6.07, 6.45) is 24.5.